The molecule has 1 unspecified atom stereocenters. The van der Waals surface area contributed by atoms with Crippen molar-refractivity contribution in [3.63, 3.8) is 0 Å². The zero-order valence-corrected chi connectivity index (χ0v) is 9.52. The summed E-state index contributed by atoms with van der Waals surface area (Å²) >= 11 is 3.31. The molecule has 15 heavy (non-hydrogen) atoms. The Morgan fingerprint density at radius 2 is 2.27 bits per heavy atom. The highest BCUT2D eigenvalue weighted by atomic mass is 79.9. The van der Waals surface area contributed by atoms with Gasteiger partial charge in [-0.15, -0.1) is 0 Å². The van der Waals surface area contributed by atoms with Crippen LogP contribution in [-0.4, -0.2) is 10.1 Å². The van der Waals surface area contributed by atoms with Crippen LogP contribution < -0.4 is 0 Å². The molecule has 0 amide bonds. The molecule has 78 valence electrons. The van der Waals surface area contributed by atoms with Crippen LogP contribution in [0.3, 0.4) is 0 Å². The van der Waals surface area contributed by atoms with Gasteiger partial charge in [0.05, 0.1) is 6.26 Å². The minimum atomic E-state index is -0.631. The molecule has 2 rings (SSSR count). The fourth-order valence-electron chi connectivity index (χ4n) is 1.31. The summed E-state index contributed by atoms with van der Waals surface area (Å²) in [6.07, 6.45) is 3.09. The molecule has 1 atom stereocenters. The molecule has 0 saturated heterocycles. The topological polar surface area (TPSA) is 46.3 Å². The smallest absolute Gasteiger partial charge is 0.132 e. The Morgan fingerprint density at radius 1 is 1.40 bits per heavy atom. The Balaban J connectivity index is 2.06. The Labute approximate surface area is 95.9 Å². The summed E-state index contributed by atoms with van der Waals surface area (Å²) in [4.78, 5) is 4.18. The van der Waals surface area contributed by atoms with Crippen LogP contribution in [0.15, 0.2) is 45.6 Å². The van der Waals surface area contributed by atoms with Gasteiger partial charge in [0, 0.05) is 22.8 Å². The number of rotatable bonds is 3. The van der Waals surface area contributed by atoms with Crippen molar-refractivity contribution < 1.29 is 9.52 Å². The van der Waals surface area contributed by atoms with E-state index in [1.54, 1.807) is 24.6 Å². The van der Waals surface area contributed by atoms with Crippen LogP contribution in [-0.2, 0) is 6.42 Å². The van der Waals surface area contributed by atoms with Gasteiger partial charge in [0.15, 0.2) is 0 Å². The summed E-state index contributed by atoms with van der Waals surface area (Å²) in [5.41, 5.74) is 0.835. The lowest BCUT2D eigenvalue weighted by Gasteiger charge is -2.06. The first-order valence-electron chi connectivity index (χ1n) is 4.57. The average Bonchev–Trinajstić information content (AvgIpc) is 2.74. The fourth-order valence-corrected chi connectivity index (χ4v) is 1.54. The number of halogens is 1. The molecule has 0 aromatic carbocycles. The van der Waals surface area contributed by atoms with Crippen molar-refractivity contribution in [3.8, 4) is 0 Å². The average molecular weight is 268 g/mol. The number of hydrogen-bond acceptors (Lipinski definition) is 3. The van der Waals surface area contributed by atoms with Gasteiger partial charge in [0.1, 0.15) is 11.9 Å². The van der Waals surface area contributed by atoms with Crippen LogP contribution in [0.25, 0.3) is 0 Å². The summed E-state index contributed by atoms with van der Waals surface area (Å²) in [6, 6.07) is 7.28. The summed E-state index contributed by atoms with van der Waals surface area (Å²) in [6.45, 7) is 0. The SMILES string of the molecule is OC(Cc1ccc(Br)cn1)c1ccco1. The third-order valence-electron chi connectivity index (χ3n) is 2.06. The largest absolute Gasteiger partial charge is 0.467 e. The number of furan rings is 1. The van der Waals surface area contributed by atoms with Crippen LogP contribution >= 0.6 is 15.9 Å². The van der Waals surface area contributed by atoms with Gasteiger partial charge in [0.2, 0.25) is 0 Å². The highest BCUT2D eigenvalue weighted by Crippen LogP contribution is 2.18. The molecule has 3 nitrogen and oxygen atoms in total. The van der Waals surface area contributed by atoms with Crippen LogP contribution in [0.5, 0.6) is 0 Å². The molecule has 2 aromatic heterocycles. The Morgan fingerprint density at radius 3 is 2.87 bits per heavy atom. The summed E-state index contributed by atoms with van der Waals surface area (Å²) in [5, 5.41) is 9.79. The molecule has 2 aromatic rings. The maximum atomic E-state index is 9.79. The molecular weight excluding hydrogens is 258 g/mol. The zero-order chi connectivity index (χ0) is 10.7. The van der Waals surface area contributed by atoms with E-state index in [1.165, 1.54) is 0 Å². The highest BCUT2D eigenvalue weighted by Gasteiger charge is 2.11. The molecule has 0 aliphatic carbocycles. The van der Waals surface area contributed by atoms with E-state index in [2.05, 4.69) is 20.9 Å². The standard InChI is InChI=1S/C11H10BrNO2/c12-8-3-4-9(13-7-8)6-10(14)11-2-1-5-15-11/h1-5,7,10,14H,6H2. The maximum absolute atomic E-state index is 9.79. The second-order valence-corrected chi connectivity index (χ2v) is 4.12. The monoisotopic (exact) mass is 267 g/mol. The number of aromatic nitrogens is 1. The predicted molar refractivity (Wildman–Crippen MR) is 59.3 cm³/mol. The van der Waals surface area contributed by atoms with Crippen molar-refractivity contribution in [3.05, 3.63) is 52.7 Å². The van der Waals surface area contributed by atoms with Crippen molar-refractivity contribution in [2.24, 2.45) is 0 Å². The molecule has 0 aliphatic heterocycles. The molecule has 0 fully saturated rings. The Kier molecular flexibility index (Phi) is 3.18. The normalized spacial score (nSPS) is 12.7. The molecule has 0 aliphatic rings. The Hall–Kier alpha value is -1.13. The number of pyridine rings is 1. The molecular formula is C11H10BrNO2. The van der Waals surface area contributed by atoms with Crippen molar-refractivity contribution in [1.29, 1.82) is 0 Å². The van der Waals surface area contributed by atoms with Gasteiger partial charge < -0.3 is 9.52 Å². The predicted octanol–water partition coefficient (Wildman–Crippen LogP) is 2.71. The molecule has 0 radical (unpaired) electrons. The van der Waals surface area contributed by atoms with Gasteiger partial charge in [-0.3, -0.25) is 4.98 Å². The fraction of sp³-hybridized carbons (Fsp3) is 0.182. The second-order valence-electron chi connectivity index (χ2n) is 3.20. The van der Waals surface area contributed by atoms with E-state index in [0.29, 0.717) is 12.2 Å². The van der Waals surface area contributed by atoms with E-state index < -0.39 is 6.10 Å². The molecule has 1 N–H and O–H groups in total. The number of nitrogens with zero attached hydrogens (tertiary/aromatic N) is 1. The van der Waals surface area contributed by atoms with Crippen molar-refractivity contribution >= 4 is 15.9 Å². The van der Waals surface area contributed by atoms with Gasteiger partial charge in [0.25, 0.3) is 0 Å². The molecule has 0 saturated carbocycles. The third-order valence-corrected chi connectivity index (χ3v) is 2.53. The molecule has 0 spiro atoms. The van der Waals surface area contributed by atoms with Gasteiger partial charge >= 0.3 is 0 Å². The van der Waals surface area contributed by atoms with Gasteiger partial charge in [-0.25, -0.2) is 0 Å². The summed E-state index contributed by atoms with van der Waals surface area (Å²) in [5.74, 6) is 0.569. The van der Waals surface area contributed by atoms with Crippen LogP contribution in [0, 0.1) is 0 Å². The third kappa shape index (κ3) is 2.67. The van der Waals surface area contributed by atoms with Crippen molar-refractivity contribution in [1.82, 2.24) is 4.98 Å². The second kappa shape index (κ2) is 4.59. The van der Waals surface area contributed by atoms with E-state index in [9.17, 15) is 5.11 Å². The maximum Gasteiger partial charge on any atom is 0.132 e. The first-order chi connectivity index (χ1) is 7.25. The lowest BCUT2D eigenvalue weighted by atomic mass is 10.1. The molecule has 2 heterocycles. The van der Waals surface area contributed by atoms with Gasteiger partial charge in [-0.1, -0.05) is 0 Å². The van der Waals surface area contributed by atoms with Crippen LogP contribution in [0.4, 0.5) is 0 Å². The first-order valence-corrected chi connectivity index (χ1v) is 5.37. The number of aliphatic hydroxyl groups is 1. The quantitative estimate of drug-likeness (QED) is 0.930. The van der Waals surface area contributed by atoms with Crippen LogP contribution in [0.2, 0.25) is 0 Å². The Bertz CT molecular complexity index is 411. The van der Waals surface area contributed by atoms with E-state index in [4.69, 9.17) is 4.42 Å². The van der Waals surface area contributed by atoms with Crippen LogP contribution in [0.1, 0.15) is 17.6 Å². The van der Waals surface area contributed by atoms with Crippen molar-refractivity contribution in [2.75, 3.05) is 0 Å². The van der Waals surface area contributed by atoms with Gasteiger partial charge in [-0.2, -0.15) is 0 Å². The van der Waals surface area contributed by atoms with E-state index in [0.717, 1.165) is 10.2 Å². The molecule has 4 heteroatoms. The summed E-state index contributed by atoms with van der Waals surface area (Å²) < 4.78 is 6.03. The van der Waals surface area contributed by atoms with E-state index >= 15 is 0 Å². The van der Waals surface area contributed by atoms with Crippen molar-refractivity contribution in [2.45, 2.75) is 12.5 Å². The van der Waals surface area contributed by atoms with Gasteiger partial charge in [-0.05, 0) is 40.2 Å². The minimum Gasteiger partial charge on any atom is -0.467 e. The lowest BCUT2D eigenvalue weighted by molar-refractivity contribution is 0.149. The lowest BCUT2D eigenvalue weighted by Crippen LogP contribution is -2.01. The summed E-state index contributed by atoms with van der Waals surface area (Å²) in [7, 11) is 0. The first kappa shape index (κ1) is 10.4. The zero-order valence-electron chi connectivity index (χ0n) is 7.93. The number of aliphatic hydroxyl groups excluding tert-OH is 1. The minimum absolute atomic E-state index is 0.459. The van der Waals surface area contributed by atoms with E-state index in [1.807, 2.05) is 12.1 Å². The number of hydrogen-bond donors (Lipinski definition) is 1. The highest BCUT2D eigenvalue weighted by molar-refractivity contribution is 9.10. The molecule has 0 bridgehead atoms. The van der Waals surface area contributed by atoms with E-state index in [-0.39, 0.29) is 0 Å².